The summed E-state index contributed by atoms with van der Waals surface area (Å²) in [6.07, 6.45) is 0.115. The van der Waals surface area contributed by atoms with Gasteiger partial charge in [-0.05, 0) is 50.6 Å². The minimum absolute atomic E-state index is 0.0501. The molecule has 0 saturated heterocycles. The maximum Gasteiger partial charge on any atom is 0.254 e. The van der Waals surface area contributed by atoms with Crippen molar-refractivity contribution in [3.63, 3.8) is 0 Å². The Hall–Kier alpha value is -2.36. The first kappa shape index (κ1) is 16.0. The van der Waals surface area contributed by atoms with Gasteiger partial charge in [0, 0.05) is 0 Å². The van der Waals surface area contributed by atoms with Crippen molar-refractivity contribution in [2.45, 2.75) is 32.9 Å². The fraction of sp³-hybridized carbons (Fsp3) is 0.278. The lowest BCUT2D eigenvalue weighted by Gasteiger charge is -2.16. The van der Waals surface area contributed by atoms with Gasteiger partial charge in [0.2, 0.25) is 0 Å². The Morgan fingerprint density at radius 1 is 1.05 bits per heavy atom. The van der Waals surface area contributed by atoms with Crippen LogP contribution in [0, 0.1) is 5.82 Å². The summed E-state index contributed by atoms with van der Waals surface area (Å²) >= 11 is 0. The maximum absolute atomic E-state index is 13.6. The van der Waals surface area contributed by atoms with E-state index in [2.05, 4.69) is 5.32 Å². The molecule has 0 bridgehead atoms. The Kier molecular flexibility index (Phi) is 5.15. The molecule has 3 nitrogen and oxygen atoms in total. The van der Waals surface area contributed by atoms with E-state index in [4.69, 9.17) is 4.74 Å². The predicted molar refractivity (Wildman–Crippen MR) is 84.5 cm³/mol. The molecular weight excluding hydrogens is 281 g/mol. The highest BCUT2D eigenvalue weighted by molar-refractivity contribution is 5.94. The third kappa shape index (κ3) is 4.07. The zero-order chi connectivity index (χ0) is 16.1. The van der Waals surface area contributed by atoms with E-state index in [0.717, 1.165) is 11.3 Å². The molecule has 2 rings (SSSR count). The van der Waals surface area contributed by atoms with Crippen LogP contribution in [-0.4, -0.2) is 12.0 Å². The number of amides is 1. The fourth-order valence-electron chi connectivity index (χ4n) is 2.11. The number of nitrogens with one attached hydrogen (secondary N) is 1. The van der Waals surface area contributed by atoms with Crippen LogP contribution in [0.1, 0.15) is 42.7 Å². The van der Waals surface area contributed by atoms with Gasteiger partial charge < -0.3 is 10.1 Å². The van der Waals surface area contributed by atoms with E-state index in [1.165, 1.54) is 12.1 Å². The van der Waals surface area contributed by atoms with Crippen LogP contribution in [0.25, 0.3) is 0 Å². The molecule has 1 amide bonds. The van der Waals surface area contributed by atoms with Crippen LogP contribution in [0.3, 0.4) is 0 Å². The van der Waals surface area contributed by atoms with Crippen LogP contribution in [0.15, 0.2) is 48.5 Å². The molecule has 22 heavy (non-hydrogen) atoms. The molecule has 0 radical (unpaired) electrons. The second-order valence-corrected chi connectivity index (χ2v) is 5.41. The Labute approximate surface area is 130 Å². The average Bonchev–Trinajstić information content (AvgIpc) is 2.47. The molecule has 0 aromatic heterocycles. The minimum atomic E-state index is -0.520. The van der Waals surface area contributed by atoms with Crippen LogP contribution in [0.4, 0.5) is 4.39 Å². The highest BCUT2D eigenvalue weighted by Gasteiger charge is 2.14. The zero-order valence-electron chi connectivity index (χ0n) is 13.0. The predicted octanol–water partition coefficient (Wildman–Crippen LogP) is 4.10. The molecule has 4 heteroatoms. The molecule has 2 aromatic carbocycles. The molecule has 116 valence electrons. The molecule has 0 saturated carbocycles. The van der Waals surface area contributed by atoms with Crippen molar-refractivity contribution >= 4 is 5.91 Å². The Morgan fingerprint density at radius 2 is 1.68 bits per heavy atom. The van der Waals surface area contributed by atoms with Gasteiger partial charge in [-0.1, -0.05) is 24.3 Å². The molecule has 1 N–H and O–H groups in total. The van der Waals surface area contributed by atoms with Crippen molar-refractivity contribution in [3.8, 4) is 5.75 Å². The molecule has 0 spiro atoms. The van der Waals surface area contributed by atoms with Gasteiger partial charge in [-0.25, -0.2) is 4.39 Å². The zero-order valence-corrected chi connectivity index (χ0v) is 13.0. The van der Waals surface area contributed by atoms with E-state index in [-0.39, 0.29) is 17.7 Å². The molecule has 2 aromatic rings. The molecule has 0 aliphatic rings. The number of carbonyl (C=O) groups is 1. The summed E-state index contributed by atoms with van der Waals surface area (Å²) in [6, 6.07) is 13.2. The van der Waals surface area contributed by atoms with Gasteiger partial charge in [-0.2, -0.15) is 0 Å². The van der Waals surface area contributed by atoms with Gasteiger partial charge in [-0.3, -0.25) is 4.79 Å². The van der Waals surface area contributed by atoms with Crippen molar-refractivity contribution in [1.82, 2.24) is 5.32 Å². The van der Waals surface area contributed by atoms with Crippen LogP contribution < -0.4 is 10.1 Å². The monoisotopic (exact) mass is 301 g/mol. The van der Waals surface area contributed by atoms with Gasteiger partial charge in [0.25, 0.3) is 5.91 Å². The first-order valence-corrected chi connectivity index (χ1v) is 7.29. The number of ether oxygens (including phenoxy) is 1. The van der Waals surface area contributed by atoms with Crippen LogP contribution in [0.5, 0.6) is 5.75 Å². The summed E-state index contributed by atoms with van der Waals surface area (Å²) in [4.78, 5) is 12.1. The number of carbonyl (C=O) groups excluding carboxylic acids is 1. The van der Waals surface area contributed by atoms with Crippen molar-refractivity contribution in [1.29, 1.82) is 0 Å². The van der Waals surface area contributed by atoms with Crippen LogP contribution in [-0.2, 0) is 0 Å². The number of halogens is 1. The summed E-state index contributed by atoms with van der Waals surface area (Å²) in [5.74, 6) is -0.160. The van der Waals surface area contributed by atoms with Crippen molar-refractivity contribution < 1.29 is 13.9 Å². The maximum atomic E-state index is 13.6. The van der Waals surface area contributed by atoms with Crippen molar-refractivity contribution in [2.24, 2.45) is 0 Å². The molecule has 0 heterocycles. The number of benzene rings is 2. The summed E-state index contributed by atoms with van der Waals surface area (Å²) in [7, 11) is 0. The lowest BCUT2D eigenvalue weighted by atomic mass is 10.1. The van der Waals surface area contributed by atoms with Gasteiger partial charge in [0.05, 0.1) is 17.7 Å². The topological polar surface area (TPSA) is 38.3 Å². The second-order valence-electron chi connectivity index (χ2n) is 5.41. The summed E-state index contributed by atoms with van der Waals surface area (Å²) in [5.41, 5.74) is 0.981. The molecule has 1 atom stereocenters. The van der Waals surface area contributed by atoms with Crippen molar-refractivity contribution in [3.05, 3.63) is 65.5 Å². The Balaban J connectivity index is 2.04. The van der Waals surface area contributed by atoms with E-state index in [1.54, 1.807) is 12.1 Å². The SMILES string of the molecule is CC(C)Oc1ccc(C(C)NC(=O)c2ccccc2F)cc1. The number of rotatable bonds is 5. The standard InChI is InChI=1S/C18H20FNO2/c1-12(2)22-15-10-8-14(9-11-15)13(3)20-18(21)16-6-4-5-7-17(16)19/h4-13H,1-3H3,(H,20,21). The third-order valence-corrected chi connectivity index (χ3v) is 3.22. The molecule has 0 aliphatic heterocycles. The fourth-order valence-corrected chi connectivity index (χ4v) is 2.11. The lowest BCUT2D eigenvalue weighted by molar-refractivity contribution is 0.0936. The number of hydrogen-bond acceptors (Lipinski definition) is 2. The summed E-state index contributed by atoms with van der Waals surface area (Å²) in [6.45, 7) is 5.79. The summed E-state index contributed by atoms with van der Waals surface area (Å²) < 4.78 is 19.2. The largest absolute Gasteiger partial charge is 0.491 e. The highest BCUT2D eigenvalue weighted by Crippen LogP contribution is 2.19. The third-order valence-electron chi connectivity index (χ3n) is 3.22. The van der Waals surface area contributed by atoms with Crippen molar-refractivity contribution in [2.75, 3.05) is 0 Å². The van der Waals surface area contributed by atoms with E-state index >= 15 is 0 Å². The smallest absolute Gasteiger partial charge is 0.254 e. The molecular formula is C18H20FNO2. The first-order valence-electron chi connectivity index (χ1n) is 7.29. The average molecular weight is 301 g/mol. The van der Waals surface area contributed by atoms with Gasteiger partial charge >= 0.3 is 0 Å². The van der Waals surface area contributed by atoms with E-state index < -0.39 is 11.7 Å². The van der Waals surface area contributed by atoms with E-state index in [0.29, 0.717) is 0 Å². The summed E-state index contributed by atoms with van der Waals surface area (Å²) in [5, 5.41) is 2.79. The quantitative estimate of drug-likeness (QED) is 0.902. The van der Waals surface area contributed by atoms with Crippen LogP contribution in [0.2, 0.25) is 0 Å². The Bertz CT molecular complexity index is 638. The van der Waals surface area contributed by atoms with Gasteiger partial charge in [-0.15, -0.1) is 0 Å². The highest BCUT2D eigenvalue weighted by atomic mass is 19.1. The van der Waals surface area contributed by atoms with E-state index in [9.17, 15) is 9.18 Å². The van der Waals surface area contributed by atoms with Gasteiger partial charge in [0.15, 0.2) is 0 Å². The van der Waals surface area contributed by atoms with Crippen LogP contribution >= 0.6 is 0 Å². The normalized spacial score (nSPS) is 12.0. The number of hydrogen-bond donors (Lipinski definition) is 1. The molecule has 0 aliphatic carbocycles. The molecule has 1 unspecified atom stereocenters. The molecule has 0 fully saturated rings. The first-order chi connectivity index (χ1) is 10.5. The van der Waals surface area contributed by atoms with Gasteiger partial charge in [0.1, 0.15) is 11.6 Å². The Morgan fingerprint density at radius 3 is 2.27 bits per heavy atom. The lowest BCUT2D eigenvalue weighted by Crippen LogP contribution is -2.27. The second kappa shape index (κ2) is 7.07. The minimum Gasteiger partial charge on any atom is -0.491 e. The van der Waals surface area contributed by atoms with E-state index in [1.807, 2.05) is 45.0 Å².